The molecule has 0 fully saturated rings. The lowest BCUT2D eigenvalue weighted by Gasteiger charge is -2.02. The van der Waals surface area contributed by atoms with Crippen molar-refractivity contribution < 1.29 is 0 Å². The molecule has 0 nitrogen and oxygen atoms in total. The van der Waals surface area contributed by atoms with Crippen molar-refractivity contribution in [3.8, 4) is 0 Å². The molecule has 0 spiro atoms. The number of hydrogen-bond donors (Lipinski definition) is 0. The van der Waals surface area contributed by atoms with E-state index in [1.165, 1.54) is 16.3 Å². The highest BCUT2D eigenvalue weighted by Gasteiger charge is 1.96. The van der Waals surface area contributed by atoms with Gasteiger partial charge in [0.15, 0.2) is 0 Å². The Morgan fingerprint density at radius 1 is 1.00 bits per heavy atom. The van der Waals surface area contributed by atoms with E-state index in [-0.39, 0.29) is 0 Å². The normalized spacial score (nSPS) is 10.7. The monoisotopic (exact) mass is 247 g/mol. The summed E-state index contributed by atoms with van der Waals surface area (Å²) < 4.78 is 1.13. The van der Waals surface area contributed by atoms with Crippen LogP contribution in [-0.4, -0.2) is 0 Å². The molecule has 71 valence electrons. The van der Waals surface area contributed by atoms with Gasteiger partial charge in [-0.15, -0.1) is 0 Å². The van der Waals surface area contributed by atoms with Gasteiger partial charge in [-0.2, -0.15) is 0 Å². The molecule has 0 aliphatic rings. The molecule has 0 aromatic heterocycles. The molecule has 1 radical (unpaired) electrons. The molecule has 2 aromatic rings. The Morgan fingerprint density at radius 3 is 2.50 bits per heavy atom. The van der Waals surface area contributed by atoms with Crippen LogP contribution in [0.15, 0.2) is 40.9 Å². The van der Waals surface area contributed by atoms with E-state index in [0.29, 0.717) is 0 Å². The molecule has 0 bridgehead atoms. The quantitative estimate of drug-likeness (QED) is 0.740. The smallest absolute Gasteiger partial charge is 0.0181 e. The predicted molar refractivity (Wildman–Crippen MR) is 65.3 cm³/mol. The second-order valence-electron chi connectivity index (χ2n) is 3.43. The SMILES string of the molecule is [CH2]CCc1ccc2cc(Br)ccc2c1. The molecule has 2 rings (SSSR count). The fraction of sp³-hybridized carbons (Fsp3) is 0.154. The zero-order chi connectivity index (χ0) is 9.97. The van der Waals surface area contributed by atoms with E-state index in [1.807, 2.05) is 0 Å². The number of halogens is 1. The van der Waals surface area contributed by atoms with E-state index in [1.54, 1.807) is 0 Å². The van der Waals surface area contributed by atoms with Gasteiger partial charge < -0.3 is 0 Å². The minimum absolute atomic E-state index is 0.960. The zero-order valence-electron chi connectivity index (χ0n) is 7.96. The van der Waals surface area contributed by atoms with E-state index in [2.05, 4.69) is 59.3 Å². The fourth-order valence-electron chi connectivity index (χ4n) is 1.63. The lowest BCUT2D eigenvalue weighted by molar-refractivity contribution is 1.00. The summed E-state index contributed by atoms with van der Waals surface area (Å²) in [5, 5.41) is 2.59. The van der Waals surface area contributed by atoms with Crippen molar-refractivity contribution in [2.24, 2.45) is 0 Å². The molecule has 0 saturated carbocycles. The minimum atomic E-state index is 0.960. The molecule has 0 unspecified atom stereocenters. The van der Waals surface area contributed by atoms with Crippen molar-refractivity contribution in [2.45, 2.75) is 12.8 Å². The number of benzene rings is 2. The van der Waals surface area contributed by atoms with Gasteiger partial charge in [0.25, 0.3) is 0 Å². The molecular weight excluding hydrogens is 236 g/mol. The highest BCUT2D eigenvalue weighted by molar-refractivity contribution is 9.10. The standard InChI is InChI=1S/C13H12Br/c1-2-3-10-4-5-12-9-13(14)7-6-11(12)8-10/h4-9H,1-3H2. The van der Waals surface area contributed by atoms with Gasteiger partial charge in [0.1, 0.15) is 0 Å². The Bertz CT molecular complexity index is 446. The molecule has 0 amide bonds. The summed E-state index contributed by atoms with van der Waals surface area (Å²) in [6, 6.07) is 13.0. The average Bonchev–Trinajstić information content (AvgIpc) is 2.19. The second kappa shape index (κ2) is 4.14. The molecule has 0 saturated heterocycles. The zero-order valence-corrected chi connectivity index (χ0v) is 9.55. The van der Waals surface area contributed by atoms with Gasteiger partial charge in [0.2, 0.25) is 0 Å². The number of hydrogen-bond acceptors (Lipinski definition) is 0. The molecule has 0 N–H and O–H groups in total. The summed E-state index contributed by atoms with van der Waals surface area (Å²) in [5.74, 6) is 0. The molecule has 2 aromatic carbocycles. The van der Waals surface area contributed by atoms with Crippen molar-refractivity contribution in [1.82, 2.24) is 0 Å². The van der Waals surface area contributed by atoms with Crippen molar-refractivity contribution >= 4 is 26.7 Å². The number of aryl methyl sites for hydroxylation is 1. The Kier molecular flexibility index (Phi) is 2.87. The van der Waals surface area contributed by atoms with E-state index in [0.717, 1.165) is 17.3 Å². The van der Waals surface area contributed by atoms with Crippen LogP contribution in [0.2, 0.25) is 0 Å². The third-order valence-corrected chi connectivity index (χ3v) is 2.83. The number of fused-ring (bicyclic) bond motifs is 1. The summed E-state index contributed by atoms with van der Waals surface area (Å²) >= 11 is 3.47. The van der Waals surface area contributed by atoms with E-state index < -0.39 is 0 Å². The summed E-state index contributed by atoms with van der Waals surface area (Å²) in [4.78, 5) is 0. The van der Waals surface area contributed by atoms with Crippen LogP contribution in [0.5, 0.6) is 0 Å². The van der Waals surface area contributed by atoms with E-state index >= 15 is 0 Å². The Morgan fingerprint density at radius 2 is 1.71 bits per heavy atom. The number of rotatable bonds is 2. The van der Waals surface area contributed by atoms with Crippen molar-refractivity contribution in [3.05, 3.63) is 53.4 Å². The van der Waals surface area contributed by atoms with Crippen LogP contribution in [0.4, 0.5) is 0 Å². The van der Waals surface area contributed by atoms with Gasteiger partial charge in [-0.25, -0.2) is 0 Å². The van der Waals surface area contributed by atoms with Crippen LogP contribution in [0.25, 0.3) is 10.8 Å². The van der Waals surface area contributed by atoms with Crippen LogP contribution in [0.1, 0.15) is 12.0 Å². The largest absolute Gasteiger partial charge is 0.0584 e. The molecule has 0 aliphatic carbocycles. The molecule has 0 aliphatic heterocycles. The van der Waals surface area contributed by atoms with Crippen LogP contribution in [0, 0.1) is 6.92 Å². The molecular formula is C13H12Br. The van der Waals surface area contributed by atoms with Crippen molar-refractivity contribution in [2.75, 3.05) is 0 Å². The summed E-state index contributed by atoms with van der Waals surface area (Å²) in [5.41, 5.74) is 1.37. The van der Waals surface area contributed by atoms with Crippen LogP contribution in [0.3, 0.4) is 0 Å². The van der Waals surface area contributed by atoms with Gasteiger partial charge >= 0.3 is 0 Å². The topological polar surface area (TPSA) is 0 Å². The molecule has 1 heteroatoms. The maximum atomic E-state index is 3.87. The Hall–Kier alpha value is -0.820. The van der Waals surface area contributed by atoms with Gasteiger partial charge in [-0.05, 0) is 41.3 Å². The summed E-state index contributed by atoms with van der Waals surface area (Å²) in [6.45, 7) is 3.87. The average molecular weight is 248 g/mol. The summed E-state index contributed by atoms with van der Waals surface area (Å²) in [7, 11) is 0. The predicted octanol–water partition coefficient (Wildman–Crippen LogP) is 4.37. The molecule has 0 heterocycles. The van der Waals surface area contributed by atoms with E-state index in [4.69, 9.17) is 0 Å². The summed E-state index contributed by atoms with van der Waals surface area (Å²) in [6.07, 6.45) is 2.02. The molecule has 0 atom stereocenters. The molecule has 14 heavy (non-hydrogen) atoms. The lowest BCUT2D eigenvalue weighted by Crippen LogP contribution is -1.83. The Labute approximate surface area is 93.1 Å². The van der Waals surface area contributed by atoms with Crippen molar-refractivity contribution in [1.29, 1.82) is 0 Å². The van der Waals surface area contributed by atoms with Gasteiger partial charge in [-0.1, -0.05) is 47.1 Å². The first-order chi connectivity index (χ1) is 6.79. The third-order valence-electron chi connectivity index (χ3n) is 2.33. The van der Waals surface area contributed by atoms with Crippen LogP contribution >= 0.6 is 15.9 Å². The van der Waals surface area contributed by atoms with Gasteiger partial charge in [-0.3, -0.25) is 0 Å². The maximum Gasteiger partial charge on any atom is 0.0181 e. The van der Waals surface area contributed by atoms with Crippen molar-refractivity contribution in [3.63, 3.8) is 0 Å². The second-order valence-corrected chi connectivity index (χ2v) is 4.35. The van der Waals surface area contributed by atoms with Crippen LogP contribution < -0.4 is 0 Å². The minimum Gasteiger partial charge on any atom is -0.0584 e. The van der Waals surface area contributed by atoms with Gasteiger partial charge in [0, 0.05) is 4.47 Å². The van der Waals surface area contributed by atoms with Gasteiger partial charge in [0.05, 0.1) is 0 Å². The first-order valence-corrected chi connectivity index (χ1v) is 5.56. The first kappa shape index (κ1) is 9.72. The Balaban J connectivity index is 2.50. The van der Waals surface area contributed by atoms with Crippen LogP contribution in [-0.2, 0) is 6.42 Å². The lowest BCUT2D eigenvalue weighted by atomic mass is 10.0. The highest BCUT2D eigenvalue weighted by atomic mass is 79.9. The third kappa shape index (κ3) is 1.98. The first-order valence-electron chi connectivity index (χ1n) is 4.77. The highest BCUT2D eigenvalue weighted by Crippen LogP contribution is 2.21. The maximum absolute atomic E-state index is 3.87. The fourth-order valence-corrected chi connectivity index (χ4v) is 2.00. The van der Waals surface area contributed by atoms with E-state index in [9.17, 15) is 0 Å².